The molecule has 2 aromatic carbocycles. The van der Waals surface area contributed by atoms with Crippen molar-refractivity contribution in [3.63, 3.8) is 0 Å². The van der Waals surface area contributed by atoms with Crippen LogP contribution in [0.3, 0.4) is 0 Å². The van der Waals surface area contributed by atoms with Gasteiger partial charge in [-0.1, -0.05) is 42.5 Å². The topological polar surface area (TPSA) is 112 Å². The molecule has 30 heavy (non-hydrogen) atoms. The molecule has 0 saturated carbocycles. The fourth-order valence-corrected chi connectivity index (χ4v) is 3.22. The highest BCUT2D eigenvalue weighted by molar-refractivity contribution is 5.98. The number of nitrogens with zero attached hydrogens (tertiary/aromatic N) is 2. The molecular formula is C21H16N2O7. The third-order valence-electron chi connectivity index (χ3n) is 4.59. The fraction of sp³-hybridized carbons (Fsp3) is 0.143. The van der Waals surface area contributed by atoms with Crippen molar-refractivity contribution >= 4 is 23.4 Å². The van der Waals surface area contributed by atoms with Crippen LogP contribution in [0.25, 0.3) is 0 Å². The van der Waals surface area contributed by atoms with Gasteiger partial charge in [-0.2, -0.15) is 0 Å². The van der Waals surface area contributed by atoms with Crippen LogP contribution in [0.2, 0.25) is 0 Å². The van der Waals surface area contributed by atoms with Crippen LogP contribution in [0, 0.1) is 10.1 Å². The van der Waals surface area contributed by atoms with Gasteiger partial charge in [0, 0.05) is 0 Å². The number of carbonyl (C=O) groups is 2. The summed E-state index contributed by atoms with van der Waals surface area (Å²) in [5.41, 5.74) is 1.43. The van der Waals surface area contributed by atoms with E-state index in [0.29, 0.717) is 11.4 Å². The lowest BCUT2D eigenvalue weighted by Gasteiger charge is -2.37. The van der Waals surface area contributed by atoms with Crippen LogP contribution in [0.4, 0.5) is 11.6 Å². The summed E-state index contributed by atoms with van der Waals surface area (Å²) < 4.78 is 15.7. The Morgan fingerprint density at radius 2 is 1.80 bits per heavy atom. The lowest BCUT2D eigenvalue weighted by molar-refractivity contribution is -0.402. The van der Waals surface area contributed by atoms with Crippen LogP contribution in [0.1, 0.15) is 22.2 Å². The van der Waals surface area contributed by atoms with Crippen molar-refractivity contribution in [2.75, 3.05) is 18.1 Å². The number of amides is 1. The quantitative estimate of drug-likeness (QED) is 0.361. The van der Waals surface area contributed by atoms with Crippen LogP contribution in [0.15, 0.2) is 71.1 Å². The first kappa shape index (κ1) is 19.2. The Hall–Kier alpha value is -4.14. The molecule has 2 heterocycles. The summed E-state index contributed by atoms with van der Waals surface area (Å²) in [6, 6.07) is 18.2. The number of esters is 1. The molecule has 0 radical (unpaired) electrons. The average Bonchev–Trinajstić information content (AvgIpc) is 3.28. The molecule has 4 rings (SSSR count). The molecule has 3 aromatic rings. The SMILES string of the molecule is O=C(OCC(=O)N1c2ccccc2OCC1c1ccccc1)c1ccc([N+](=O)[O-])o1. The van der Waals surface area contributed by atoms with Gasteiger partial charge in [0.15, 0.2) is 6.61 Å². The third-order valence-corrected chi connectivity index (χ3v) is 4.59. The van der Waals surface area contributed by atoms with E-state index in [1.54, 1.807) is 24.3 Å². The molecule has 0 N–H and O–H groups in total. The molecule has 0 spiro atoms. The maximum absolute atomic E-state index is 13.0. The number of fused-ring (bicyclic) bond motifs is 1. The number of furan rings is 1. The number of nitro groups is 1. The Bertz CT molecular complexity index is 1090. The molecule has 9 nitrogen and oxygen atoms in total. The number of ether oxygens (including phenoxy) is 2. The van der Waals surface area contributed by atoms with Crippen LogP contribution >= 0.6 is 0 Å². The largest absolute Gasteiger partial charge is 0.489 e. The van der Waals surface area contributed by atoms with E-state index in [1.165, 1.54) is 4.90 Å². The predicted octanol–water partition coefficient (Wildman–Crippen LogP) is 3.51. The van der Waals surface area contributed by atoms with Gasteiger partial charge >= 0.3 is 11.9 Å². The van der Waals surface area contributed by atoms with Crippen molar-refractivity contribution in [2.24, 2.45) is 0 Å². The highest BCUT2D eigenvalue weighted by atomic mass is 16.7. The highest BCUT2D eigenvalue weighted by Gasteiger charge is 2.34. The van der Waals surface area contributed by atoms with Gasteiger partial charge in [-0.15, -0.1) is 0 Å². The van der Waals surface area contributed by atoms with Crippen LogP contribution in [-0.2, 0) is 9.53 Å². The first-order valence-corrected chi connectivity index (χ1v) is 9.05. The van der Waals surface area contributed by atoms with Crippen LogP contribution in [0.5, 0.6) is 5.75 Å². The summed E-state index contributed by atoms with van der Waals surface area (Å²) in [6.07, 6.45) is 0. The summed E-state index contributed by atoms with van der Waals surface area (Å²) in [5, 5.41) is 10.7. The van der Waals surface area contributed by atoms with Crippen LogP contribution in [-0.4, -0.2) is 30.0 Å². The molecule has 0 aliphatic carbocycles. The van der Waals surface area contributed by atoms with Crippen molar-refractivity contribution in [1.82, 2.24) is 0 Å². The molecule has 0 saturated heterocycles. The number of hydrogen-bond donors (Lipinski definition) is 0. The van der Waals surface area contributed by atoms with Crippen molar-refractivity contribution in [3.05, 3.63) is 88.2 Å². The minimum Gasteiger partial charge on any atom is -0.489 e. The van der Waals surface area contributed by atoms with Crippen molar-refractivity contribution < 1.29 is 28.4 Å². The second-order valence-electron chi connectivity index (χ2n) is 6.44. The Balaban J connectivity index is 1.55. The molecule has 1 aliphatic rings. The lowest BCUT2D eigenvalue weighted by atomic mass is 10.0. The van der Waals surface area contributed by atoms with E-state index >= 15 is 0 Å². The predicted molar refractivity (Wildman–Crippen MR) is 104 cm³/mol. The fourth-order valence-electron chi connectivity index (χ4n) is 3.22. The lowest BCUT2D eigenvalue weighted by Crippen LogP contribution is -2.43. The maximum Gasteiger partial charge on any atom is 0.433 e. The van der Waals surface area contributed by atoms with Gasteiger partial charge in [-0.3, -0.25) is 19.8 Å². The smallest absolute Gasteiger partial charge is 0.433 e. The molecule has 1 unspecified atom stereocenters. The van der Waals surface area contributed by atoms with E-state index < -0.39 is 35.3 Å². The molecule has 1 aliphatic heterocycles. The monoisotopic (exact) mass is 408 g/mol. The van der Waals surface area contributed by atoms with Crippen molar-refractivity contribution in [3.8, 4) is 5.75 Å². The van der Waals surface area contributed by atoms with E-state index in [0.717, 1.165) is 17.7 Å². The number of benzene rings is 2. The standard InChI is InChI=1S/C21H16N2O7/c24-19(13-29-21(25)18-10-11-20(30-18)23(26)27)22-15-8-4-5-9-17(15)28-12-16(22)14-6-2-1-3-7-14/h1-11,16H,12-13H2. The summed E-state index contributed by atoms with van der Waals surface area (Å²) in [6.45, 7) is -0.323. The first-order valence-electron chi connectivity index (χ1n) is 9.05. The summed E-state index contributed by atoms with van der Waals surface area (Å²) in [5.74, 6) is -1.81. The highest BCUT2D eigenvalue weighted by Crippen LogP contribution is 2.39. The van der Waals surface area contributed by atoms with Gasteiger partial charge in [-0.25, -0.2) is 4.79 Å². The van der Waals surface area contributed by atoms with Gasteiger partial charge in [-0.05, 0) is 23.8 Å². The van der Waals surface area contributed by atoms with Crippen LogP contribution < -0.4 is 9.64 Å². The summed E-state index contributed by atoms with van der Waals surface area (Å²) in [7, 11) is 0. The van der Waals surface area contributed by atoms with E-state index in [4.69, 9.17) is 13.9 Å². The zero-order chi connectivity index (χ0) is 21.1. The maximum atomic E-state index is 13.0. The number of rotatable bonds is 5. The zero-order valence-corrected chi connectivity index (χ0v) is 15.6. The molecule has 152 valence electrons. The zero-order valence-electron chi connectivity index (χ0n) is 15.6. The Kier molecular flexibility index (Phi) is 5.17. The van der Waals surface area contributed by atoms with Gasteiger partial charge in [0.25, 0.3) is 5.91 Å². The first-order chi connectivity index (χ1) is 14.5. The van der Waals surface area contributed by atoms with E-state index in [-0.39, 0.29) is 12.4 Å². The van der Waals surface area contributed by atoms with Crippen molar-refractivity contribution in [2.45, 2.75) is 6.04 Å². The Morgan fingerprint density at radius 1 is 1.07 bits per heavy atom. The van der Waals surface area contributed by atoms with Gasteiger partial charge in [0.05, 0.1) is 17.8 Å². The Morgan fingerprint density at radius 3 is 2.53 bits per heavy atom. The average molecular weight is 408 g/mol. The molecule has 0 bridgehead atoms. The second-order valence-corrected chi connectivity index (χ2v) is 6.44. The molecule has 1 atom stereocenters. The minimum absolute atomic E-state index is 0.241. The third kappa shape index (κ3) is 3.72. The number of hydrogen-bond acceptors (Lipinski definition) is 7. The van der Waals surface area contributed by atoms with E-state index in [1.807, 2.05) is 30.3 Å². The van der Waals surface area contributed by atoms with Gasteiger partial charge < -0.3 is 13.9 Å². The minimum atomic E-state index is -0.964. The second kappa shape index (κ2) is 8.08. The van der Waals surface area contributed by atoms with E-state index in [9.17, 15) is 19.7 Å². The molecule has 1 amide bonds. The molecule has 0 fully saturated rings. The van der Waals surface area contributed by atoms with Gasteiger partial charge in [0.2, 0.25) is 5.76 Å². The van der Waals surface area contributed by atoms with Crippen molar-refractivity contribution in [1.29, 1.82) is 0 Å². The number of carbonyl (C=O) groups excluding carboxylic acids is 2. The van der Waals surface area contributed by atoms with E-state index in [2.05, 4.69) is 0 Å². The molecule has 1 aromatic heterocycles. The summed E-state index contributed by atoms with van der Waals surface area (Å²) >= 11 is 0. The number of anilines is 1. The van der Waals surface area contributed by atoms with Gasteiger partial charge in [0.1, 0.15) is 17.3 Å². The Labute approximate surface area is 170 Å². The summed E-state index contributed by atoms with van der Waals surface area (Å²) in [4.78, 5) is 36.6. The molecule has 9 heteroatoms. The normalized spacial score (nSPS) is 15.1. The molecular weight excluding hydrogens is 392 g/mol. The number of para-hydroxylation sites is 2.